The van der Waals surface area contributed by atoms with Crippen molar-refractivity contribution in [2.24, 2.45) is 4.99 Å². The minimum atomic E-state index is 0.324. The summed E-state index contributed by atoms with van der Waals surface area (Å²) in [4.78, 5) is 9.41. The second-order valence-corrected chi connectivity index (χ2v) is 8.59. The van der Waals surface area contributed by atoms with Crippen molar-refractivity contribution < 1.29 is 9.47 Å². The quantitative estimate of drug-likeness (QED) is 0.533. The first-order valence-electron chi connectivity index (χ1n) is 11.8. The lowest BCUT2D eigenvalue weighted by Crippen LogP contribution is -2.52. The van der Waals surface area contributed by atoms with Gasteiger partial charge in [0.25, 0.3) is 0 Å². The van der Waals surface area contributed by atoms with Crippen molar-refractivity contribution in [3.63, 3.8) is 0 Å². The Labute approximate surface area is 192 Å². The lowest BCUT2D eigenvalue weighted by molar-refractivity contribution is -0.0390. The molecule has 0 aliphatic carbocycles. The van der Waals surface area contributed by atoms with Gasteiger partial charge in [0, 0.05) is 59.5 Å². The highest BCUT2D eigenvalue weighted by molar-refractivity contribution is 5.80. The third-order valence-corrected chi connectivity index (χ3v) is 6.23. The number of hydrogen-bond donors (Lipinski definition) is 1. The van der Waals surface area contributed by atoms with E-state index in [2.05, 4.69) is 74.7 Å². The molecule has 2 aliphatic rings. The van der Waals surface area contributed by atoms with Crippen molar-refractivity contribution in [3.8, 4) is 0 Å². The van der Waals surface area contributed by atoms with Crippen molar-refractivity contribution in [1.82, 2.24) is 15.1 Å². The molecule has 0 saturated carbocycles. The van der Waals surface area contributed by atoms with Gasteiger partial charge in [0.1, 0.15) is 0 Å². The van der Waals surface area contributed by atoms with Crippen LogP contribution in [0.3, 0.4) is 0 Å². The Kier molecular flexibility index (Phi) is 8.54. The third kappa shape index (κ3) is 6.79. The van der Waals surface area contributed by atoms with Gasteiger partial charge < -0.3 is 19.7 Å². The molecule has 0 radical (unpaired) electrons. The van der Waals surface area contributed by atoms with Gasteiger partial charge in [0.05, 0.1) is 12.7 Å². The molecule has 32 heavy (non-hydrogen) atoms. The average molecular weight is 437 g/mol. The van der Waals surface area contributed by atoms with Crippen LogP contribution in [0, 0.1) is 0 Å². The Morgan fingerprint density at radius 3 is 2.44 bits per heavy atom. The average Bonchev–Trinajstić information content (AvgIpc) is 2.86. The summed E-state index contributed by atoms with van der Waals surface area (Å²) in [5.74, 6) is 0.980. The van der Waals surface area contributed by atoms with Crippen molar-refractivity contribution in [2.75, 3.05) is 46.4 Å². The molecular formula is C26H36N4O2. The minimum absolute atomic E-state index is 0.324. The Balaban J connectivity index is 1.22. The van der Waals surface area contributed by atoms with Crippen molar-refractivity contribution in [3.05, 3.63) is 71.3 Å². The topological polar surface area (TPSA) is 49.3 Å². The second-order valence-electron chi connectivity index (χ2n) is 8.59. The largest absolute Gasteiger partial charge is 0.381 e. The van der Waals surface area contributed by atoms with Crippen LogP contribution in [-0.4, -0.2) is 68.3 Å². The van der Waals surface area contributed by atoms with Crippen LogP contribution in [-0.2, 0) is 29.2 Å². The van der Waals surface area contributed by atoms with E-state index in [-0.39, 0.29) is 0 Å². The lowest BCUT2D eigenvalue weighted by atomic mass is 10.1. The molecule has 6 heteroatoms. The fraction of sp³-hybridized carbons (Fsp3) is 0.500. The number of rotatable bonds is 7. The predicted molar refractivity (Wildman–Crippen MR) is 129 cm³/mol. The molecule has 4 rings (SSSR count). The number of nitrogens with one attached hydrogen (secondary N) is 1. The zero-order chi connectivity index (χ0) is 22.0. The summed E-state index contributed by atoms with van der Waals surface area (Å²) in [6, 6.07) is 19.4. The van der Waals surface area contributed by atoms with Gasteiger partial charge in [0.2, 0.25) is 0 Å². The van der Waals surface area contributed by atoms with E-state index in [0.29, 0.717) is 12.7 Å². The van der Waals surface area contributed by atoms with Crippen LogP contribution in [0.1, 0.15) is 29.5 Å². The van der Waals surface area contributed by atoms with E-state index in [0.717, 1.165) is 71.3 Å². The zero-order valence-corrected chi connectivity index (χ0v) is 19.2. The van der Waals surface area contributed by atoms with Gasteiger partial charge in [0.15, 0.2) is 5.96 Å². The van der Waals surface area contributed by atoms with Crippen LogP contribution in [0.15, 0.2) is 59.6 Å². The number of nitrogens with zero attached hydrogens (tertiary/aromatic N) is 3. The summed E-state index contributed by atoms with van der Waals surface area (Å²) in [5, 5.41) is 3.55. The zero-order valence-electron chi connectivity index (χ0n) is 19.2. The van der Waals surface area contributed by atoms with Crippen LogP contribution in [0.5, 0.6) is 0 Å². The standard InChI is InChI=1S/C26H36N4O2/c1-27-26(30-14-12-29(13-15-30)20-22-6-3-2-4-7-22)28-19-23-8-5-9-24(18-23)21-32-25-10-16-31-17-11-25/h2-9,18,25H,10-17,19-21H2,1H3,(H,27,28). The highest BCUT2D eigenvalue weighted by Crippen LogP contribution is 2.15. The Morgan fingerprint density at radius 1 is 0.969 bits per heavy atom. The van der Waals surface area contributed by atoms with Crippen molar-refractivity contribution >= 4 is 5.96 Å². The Hall–Kier alpha value is -2.41. The fourth-order valence-electron chi connectivity index (χ4n) is 4.36. The molecule has 0 aromatic heterocycles. The van der Waals surface area contributed by atoms with Crippen molar-refractivity contribution in [2.45, 2.75) is 38.6 Å². The number of hydrogen-bond acceptors (Lipinski definition) is 4. The highest BCUT2D eigenvalue weighted by Gasteiger charge is 2.19. The second kappa shape index (κ2) is 12.0. The molecule has 2 saturated heterocycles. The van der Waals surface area contributed by atoms with Gasteiger partial charge >= 0.3 is 0 Å². The van der Waals surface area contributed by atoms with Gasteiger partial charge in [-0.3, -0.25) is 9.89 Å². The van der Waals surface area contributed by atoms with Crippen LogP contribution in [0.25, 0.3) is 0 Å². The first-order chi connectivity index (χ1) is 15.8. The summed E-state index contributed by atoms with van der Waals surface area (Å²) in [7, 11) is 1.87. The van der Waals surface area contributed by atoms with Crippen LogP contribution in [0.4, 0.5) is 0 Å². The summed E-state index contributed by atoms with van der Waals surface area (Å²) < 4.78 is 11.5. The van der Waals surface area contributed by atoms with E-state index in [4.69, 9.17) is 9.47 Å². The summed E-state index contributed by atoms with van der Waals surface area (Å²) in [5.41, 5.74) is 3.85. The molecule has 2 aromatic carbocycles. The summed E-state index contributed by atoms with van der Waals surface area (Å²) in [6.07, 6.45) is 2.32. The monoisotopic (exact) mass is 436 g/mol. The molecule has 172 valence electrons. The molecule has 2 aliphatic heterocycles. The maximum absolute atomic E-state index is 6.08. The normalized spacial score (nSPS) is 18.7. The molecule has 2 aromatic rings. The van der Waals surface area contributed by atoms with Gasteiger partial charge in [-0.15, -0.1) is 0 Å². The predicted octanol–water partition coefficient (Wildman–Crippen LogP) is 3.28. The molecule has 2 heterocycles. The number of aliphatic imine (C=N–C) groups is 1. The molecule has 0 bridgehead atoms. The van der Waals surface area contributed by atoms with Crippen LogP contribution >= 0.6 is 0 Å². The molecule has 0 atom stereocenters. The number of piperazine rings is 1. The van der Waals surface area contributed by atoms with Gasteiger partial charge in [-0.05, 0) is 29.5 Å². The van der Waals surface area contributed by atoms with Crippen LogP contribution in [0.2, 0.25) is 0 Å². The number of guanidine groups is 1. The number of ether oxygens (including phenoxy) is 2. The van der Waals surface area contributed by atoms with E-state index in [1.807, 2.05) is 7.05 Å². The van der Waals surface area contributed by atoms with E-state index in [9.17, 15) is 0 Å². The molecule has 0 amide bonds. The molecule has 1 N–H and O–H groups in total. The third-order valence-electron chi connectivity index (χ3n) is 6.23. The first kappa shape index (κ1) is 22.8. The maximum atomic E-state index is 6.08. The molecular weight excluding hydrogens is 400 g/mol. The fourth-order valence-corrected chi connectivity index (χ4v) is 4.36. The van der Waals surface area contributed by atoms with E-state index < -0.39 is 0 Å². The molecule has 0 unspecified atom stereocenters. The van der Waals surface area contributed by atoms with E-state index in [1.54, 1.807) is 0 Å². The Bertz CT molecular complexity index is 844. The summed E-state index contributed by atoms with van der Waals surface area (Å²) >= 11 is 0. The maximum Gasteiger partial charge on any atom is 0.194 e. The van der Waals surface area contributed by atoms with E-state index in [1.165, 1.54) is 16.7 Å². The van der Waals surface area contributed by atoms with Crippen molar-refractivity contribution in [1.29, 1.82) is 0 Å². The molecule has 0 spiro atoms. The molecule has 6 nitrogen and oxygen atoms in total. The minimum Gasteiger partial charge on any atom is -0.381 e. The smallest absolute Gasteiger partial charge is 0.194 e. The number of benzene rings is 2. The van der Waals surface area contributed by atoms with Gasteiger partial charge in [-0.25, -0.2) is 0 Å². The Morgan fingerprint density at radius 2 is 1.69 bits per heavy atom. The SMILES string of the molecule is CN=C(NCc1cccc(COC2CCOCC2)c1)N1CCN(Cc2ccccc2)CC1. The first-order valence-corrected chi connectivity index (χ1v) is 11.8. The summed E-state index contributed by atoms with van der Waals surface area (Å²) in [6.45, 7) is 8.16. The van der Waals surface area contributed by atoms with Crippen LogP contribution < -0.4 is 5.32 Å². The van der Waals surface area contributed by atoms with E-state index >= 15 is 0 Å². The highest BCUT2D eigenvalue weighted by atomic mass is 16.5. The van der Waals surface area contributed by atoms with Gasteiger partial charge in [-0.2, -0.15) is 0 Å². The lowest BCUT2D eigenvalue weighted by Gasteiger charge is -2.36. The van der Waals surface area contributed by atoms with Gasteiger partial charge in [-0.1, -0.05) is 54.6 Å². The molecule has 2 fully saturated rings.